The van der Waals surface area contributed by atoms with Crippen LogP contribution in [0.1, 0.15) is 0 Å². The minimum Gasteiger partial charge on any atom is -0.497 e. The van der Waals surface area contributed by atoms with Gasteiger partial charge in [-0.25, -0.2) is 14.5 Å². The number of methoxy groups -OCH3 is 1. The summed E-state index contributed by atoms with van der Waals surface area (Å²) in [5.74, 6) is 0.713. The topological polar surface area (TPSA) is 61.9 Å². The van der Waals surface area contributed by atoms with Crippen LogP contribution in [-0.4, -0.2) is 49.1 Å². The van der Waals surface area contributed by atoms with Gasteiger partial charge in [-0.3, -0.25) is 0 Å². The van der Waals surface area contributed by atoms with Crippen LogP contribution >= 0.6 is 0 Å². The summed E-state index contributed by atoms with van der Waals surface area (Å²) in [4.78, 5) is 26.2. The van der Waals surface area contributed by atoms with Gasteiger partial charge in [0.1, 0.15) is 5.75 Å². The molecule has 1 saturated heterocycles. The zero-order valence-electron chi connectivity index (χ0n) is 10.3. The first-order valence-electron chi connectivity index (χ1n) is 5.59. The number of benzene rings is 1. The Labute approximate surface area is 105 Å². The van der Waals surface area contributed by atoms with Gasteiger partial charge in [-0.1, -0.05) is 0 Å². The van der Waals surface area contributed by atoms with Crippen molar-refractivity contribution in [3.63, 3.8) is 0 Å². The first-order valence-corrected chi connectivity index (χ1v) is 5.59. The molecule has 1 heterocycles. The Morgan fingerprint density at radius 3 is 2.44 bits per heavy atom. The van der Waals surface area contributed by atoms with Crippen molar-refractivity contribution in [3.05, 3.63) is 24.3 Å². The second-order valence-electron chi connectivity index (χ2n) is 4.01. The first-order chi connectivity index (χ1) is 8.61. The number of amides is 4. The van der Waals surface area contributed by atoms with Gasteiger partial charge in [0, 0.05) is 25.8 Å². The highest BCUT2D eigenvalue weighted by atomic mass is 16.5. The van der Waals surface area contributed by atoms with Crippen LogP contribution in [0.4, 0.5) is 15.3 Å². The van der Waals surface area contributed by atoms with E-state index in [9.17, 15) is 9.59 Å². The number of hydrogen-bond donors (Lipinski definition) is 1. The maximum Gasteiger partial charge on any atom is 0.330 e. The van der Waals surface area contributed by atoms with Gasteiger partial charge in [0.15, 0.2) is 0 Å². The number of urea groups is 2. The molecule has 0 atom stereocenters. The fourth-order valence-corrected chi connectivity index (χ4v) is 1.70. The van der Waals surface area contributed by atoms with Gasteiger partial charge in [0.05, 0.1) is 7.11 Å². The molecule has 18 heavy (non-hydrogen) atoms. The molecule has 1 aliphatic heterocycles. The van der Waals surface area contributed by atoms with Gasteiger partial charge in [0.25, 0.3) is 0 Å². The van der Waals surface area contributed by atoms with E-state index in [1.165, 1.54) is 9.80 Å². The van der Waals surface area contributed by atoms with Gasteiger partial charge < -0.3 is 15.0 Å². The maximum absolute atomic E-state index is 11.9. The average Bonchev–Trinajstić information content (AvgIpc) is 2.71. The summed E-state index contributed by atoms with van der Waals surface area (Å²) in [6.07, 6.45) is 0. The molecule has 6 heteroatoms. The Kier molecular flexibility index (Phi) is 3.36. The monoisotopic (exact) mass is 249 g/mol. The number of rotatable bonds is 2. The normalized spacial score (nSPS) is 14.9. The van der Waals surface area contributed by atoms with E-state index in [1.54, 1.807) is 38.4 Å². The number of carbonyl (C=O) groups excluding carboxylic acids is 2. The molecule has 1 aliphatic rings. The molecule has 4 amide bonds. The van der Waals surface area contributed by atoms with Crippen LogP contribution in [0.2, 0.25) is 0 Å². The molecule has 1 fully saturated rings. The van der Waals surface area contributed by atoms with Crippen molar-refractivity contribution in [2.24, 2.45) is 0 Å². The van der Waals surface area contributed by atoms with Crippen LogP contribution in [0.15, 0.2) is 24.3 Å². The van der Waals surface area contributed by atoms with E-state index in [1.807, 2.05) is 0 Å². The molecule has 0 spiro atoms. The first kappa shape index (κ1) is 12.2. The summed E-state index contributed by atoms with van der Waals surface area (Å²) in [5.41, 5.74) is 0.628. The Morgan fingerprint density at radius 1 is 1.28 bits per heavy atom. The number of hydrogen-bond acceptors (Lipinski definition) is 3. The largest absolute Gasteiger partial charge is 0.497 e. The smallest absolute Gasteiger partial charge is 0.330 e. The minimum absolute atomic E-state index is 0.277. The van der Waals surface area contributed by atoms with E-state index in [0.29, 0.717) is 24.5 Å². The van der Waals surface area contributed by atoms with Crippen LogP contribution in [-0.2, 0) is 0 Å². The highest BCUT2D eigenvalue weighted by Gasteiger charge is 2.30. The lowest BCUT2D eigenvalue weighted by atomic mass is 10.3. The van der Waals surface area contributed by atoms with E-state index in [0.717, 1.165) is 0 Å². The summed E-state index contributed by atoms with van der Waals surface area (Å²) < 4.78 is 5.02. The summed E-state index contributed by atoms with van der Waals surface area (Å²) in [7, 11) is 3.25. The Balaban J connectivity index is 2.00. The summed E-state index contributed by atoms with van der Waals surface area (Å²) in [6, 6.07) is 6.25. The average molecular weight is 249 g/mol. The number of anilines is 1. The lowest BCUT2D eigenvalue weighted by molar-refractivity contribution is 0.195. The van der Waals surface area contributed by atoms with Gasteiger partial charge in [-0.05, 0) is 24.3 Å². The van der Waals surface area contributed by atoms with Crippen LogP contribution in [0.5, 0.6) is 5.75 Å². The van der Waals surface area contributed by atoms with Crippen molar-refractivity contribution in [1.29, 1.82) is 0 Å². The molecule has 0 bridgehead atoms. The number of imide groups is 1. The van der Waals surface area contributed by atoms with E-state index < -0.39 is 6.03 Å². The molecule has 0 saturated carbocycles. The predicted octanol–water partition coefficient (Wildman–Crippen LogP) is 1.59. The number of nitrogens with zero attached hydrogens (tertiary/aromatic N) is 2. The SMILES string of the molecule is COc1ccc(NC(=O)N2CCN(C)C2=O)cc1. The van der Waals surface area contributed by atoms with Gasteiger partial charge in [-0.2, -0.15) is 0 Å². The van der Waals surface area contributed by atoms with E-state index in [4.69, 9.17) is 4.74 Å². The molecular formula is C12H15N3O3. The van der Waals surface area contributed by atoms with Crippen LogP contribution in [0, 0.1) is 0 Å². The van der Waals surface area contributed by atoms with Crippen molar-refractivity contribution in [1.82, 2.24) is 9.80 Å². The highest BCUT2D eigenvalue weighted by molar-refractivity contribution is 6.01. The standard InChI is InChI=1S/C12H15N3O3/c1-14-7-8-15(12(14)17)11(16)13-9-3-5-10(18-2)6-4-9/h3-6H,7-8H2,1-2H3,(H,13,16). The van der Waals surface area contributed by atoms with Crippen molar-refractivity contribution in [2.45, 2.75) is 0 Å². The number of nitrogens with one attached hydrogen (secondary N) is 1. The van der Waals surface area contributed by atoms with E-state index in [2.05, 4.69) is 5.32 Å². The molecule has 96 valence electrons. The van der Waals surface area contributed by atoms with Gasteiger partial charge >= 0.3 is 12.1 Å². The number of likely N-dealkylation sites (N-methyl/N-ethyl adjacent to an activating group) is 1. The van der Waals surface area contributed by atoms with Crippen LogP contribution in [0.3, 0.4) is 0 Å². The molecule has 0 aliphatic carbocycles. The molecule has 0 aromatic heterocycles. The second kappa shape index (κ2) is 4.95. The third-order valence-electron chi connectivity index (χ3n) is 2.80. The molecular weight excluding hydrogens is 234 g/mol. The highest BCUT2D eigenvalue weighted by Crippen LogP contribution is 2.16. The maximum atomic E-state index is 11.9. The predicted molar refractivity (Wildman–Crippen MR) is 66.7 cm³/mol. The third kappa shape index (κ3) is 2.37. The molecule has 0 radical (unpaired) electrons. The molecule has 2 rings (SSSR count). The molecule has 0 unspecified atom stereocenters. The lowest BCUT2D eigenvalue weighted by Gasteiger charge is -2.15. The van der Waals surface area contributed by atoms with Crippen molar-refractivity contribution in [3.8, 4) is 5.75 Å². The van der Waals surface area contributed by atoms with Gasteiger partial charge in [0.2, 0.25) is 0 Å². The molecule has 1 aromatic carbocycles. The molecule has 1 aromatic rings. The Bertz CT molecular complexity index is 458. The van der Waals surface area contributed by atoms with Crippen LogP contribution < -0.4 is 10.1 Å². The zero-order valence-corrected chi connectivity index (χ0v) is 10.3. The third-order valence-corrected chi connectivity index (χ3v) is 2.80. The molecule has 1 N–H and O–H groups in total. The van der Waals surface area contributed by atoms with E-state index >= 15 is 0 Å². The second-order valence-corrected chi connectivity index (χ2v) is 4.01. The van der Waals surface area contributed by atoms with Crippen molar-refractivity contribution >= 4 is 17.7 Å². The van der Waals surface area contributed by atoms with Crippen molar-refractivity contribution < 1.29 is 14.3 Å². The summed E-state index contributed by atoms with van der Waals surface area (Å²) in [5, 5.41) is 2.67. The Hall–Kier alpha value is -2.24. The number of ether oxygens (including phenoxy) is 1. The fraction of sp³-hybridized carbons (Fsp3) is 0.333. The quantitative estimate of drug-likeness (QED) is 0.865. The molecule has 6 nitrogen and oxygen atoms in total. The summed E-state index contributed by atoms with van der Waals surface area (Å²) >= 11 is 0. The Morgan fingerprint density at radius 2 is 1.94 bits per heavy atom. The van der Waals surface area contributed by atoms with E-state index in [-0.39, 0.29) is 6.03 Å². The lowest BCUT2D eigenvalue weighted by Crippen LogP contribution is -2.37. The van der Waals surface area contributed by atoms with Crippen molar-refractivity contribution in [2.75, 3.05) is 32.6 Å². The van der Waals surface area contributed by atoms with Gasteiger partial charge in [-0.15, -0.1) is 0 Å². The fourth-order valence-electron chi connectivity index (χ4n) is 1.70. The number of carbonyl (C=O) groups is 2. The van der Waals surface area contributed by atoms with Crippen LogP contribution in [0.25, 0.3) is 0 Å². The minimum atomic E-state index is -0.408. The summed E-state index contributed by atoms with van der Waals surface area (Å²) in [6.45, 7) is 0.978. The zero-order chi connectivity index (χ0) is 13.1.